The van der Waals surface area contributed by atoms with Crippen LogP contribution in [0.4, 0.5) is 11.4 Å². The van der Waals surface area contributed by atoms with Gasteiger partial charge in [-0.05, 0) is 30.3 Å². The minimum Gasteiger partial charge on any atom is -0.326 e. The molecule has 0 radical (unpaired) electrons. The Balaban J connectivity index is 1.94. The van der Waals surface area contributed by atoms with E-state index < -0.39 is 11.5 Å². The molecule has 0 aliphatic heterocycles. The highest BCUT2D eigenvalue weighted by Gasteiger charge is 2.16. The van der Waals surface area contributed by atoms with Gasteiger partial charge in [0.2, 0.25) is 5.91 Å². The highest BCUT2D eigenvalue weighted by molar-refractivity contribution is 6.04. The number of benzene rings is 2. The Morgan fingerprint density at radius 1 is 1.00 bits per heavy atom. The Bertz CT molecular complexity index is 1040. The number of nitrogens with zero attached hydrogens (tertiary/aromatic N) is 2. The van der Waals surface area contributed by atoms with Crippen LogP contribution < -0.4 is 16.2 Å². The van der Waals surface area contributed by atoms with Crippen molar-refractivity contribution in [2.24, 2.45) is 7.05 Å². The van der Waals surface area contributed by atoms with E-state index in [-0.39, 0.29) is 11.6 Å². The number of aromatic nitrogens is 2. The van der Waals surface area contributed by atoms with Crippen molar-refractivity contribution in [3.63, 3.8) is 0 Å². The van der Waals surface area contributed by atoms with E-state index in [1.54, 1.807) is 55.6 Å². The predicted molar refractivity (Wildman–Crippen MR) is 95.7 cm³/mol. The topological polar surface area (TPSA) is 93.1 Å². The second-order valence-electron chi connectivity index (χ2n) is 5.53. The van der Waals surface area contributed by atoms with Crippen LogP contribution in [0.15, 0.2) is 53.3 Å². The molecule has 0 atom stereocenters. The van der Waals surface area contributed by atoms with Crippen LogP contribution in [0.25, 0.3) is 11.0 Å². The summed E-state index contributed by atoms with van der Waals surface area (Å²) in [4.78, 5) is 40.2. The molecule has 3 rings (SSSR count). The number of amides is 2. The van der Waals surface area contributed by atoms with E-state index in [9.17, 15) is 14.4 Å². The van der Waals surface area contributed by atoms with E-state index in [0.717, 1.165) is 0 Å². The maximum atomic E-state index is 12.5. The molecule has 0 bridgehead atoms. The molecule has 126 valence electrons. The monoisotopic (exact) mass is 336 g/mol. The van der Waals surface area contributed by atoms with Crippen molar-refractivity contribution in [1.82, 2.24) is 9.55 Å². The third kappa shape index (κ3) is 3.40. The molecule has 0 aliphatic rings. The maximum absolute atomic E-state index is 12.5. The maximum Gasteiger partial charge on any atom is 0.282 e. The van der Waals surface area contributed by atoms with Crippen molar-refractivity contribution in [3.8, 4) is 0 Å². The number of anilines is 2. The van der Waals surface area contributed by atoms with Crippen LogP contribution in [0, 0.1) is 0 Å². The molecular formula is C18H16N4O3. The number of aryl methyl sites for hydroxylation is 1. The zero-order valence-corrected chi connectivity index (χ0v) is 13.7. The highest BCUT2D eigenvalue weighted by atomic mass is 16.2. The van der Waals surface area contributed by atoms with Crippen LogP contribution in [0.2, 0.25) is 0 Å². The molecule has 0 spiro atoms. The molecule has 0 fully saturated rings. The fraction of sp³-hybridized carbons (Fsp3) is 0.111. The Labute approximate surface area is 143 Å². The molecule has 2 amide bonds. The van der Waals surface area contributed by atoms with E-state index in [4.69, 9.17) is 0 Å². The number of hydrogen-bond acceptors (Lipinski definition) is 4. The quantitative estimate of drug-likeness (QED) is 0.766. The molecular weight excluding hydrogens is 320 g/mol. The van der Waals surface area contributed by atoms with Gasteiger partial charge in [0, 0.05) is 25.3 Å². The number of para-hydroxylation sites is 2. The van der Waals surface area contributed by atoms with E-state index in [2.05, 4.69) is 15.6 Å². The molecule has 2 N–H and O–H groups in total. The van der Waals surface area contributed by atoms with Gasteiger partial charge in [0.1, 0.15) is 0 Å². The first-order chi connectivity index (χ1) is 12.0. The average molecular weight is 336 g/mol. The second kappa shape index (κ2) is 6.56. The SMILES string of the molecule is CC(=O)Nc1cccc(NC(=O)c2nc3ccccc3n(C)c2=O)c1. The van der Waals surface area contributed by atoms with Gasteiger partial charge < -0.3 is 15.2 Å². The van der Waals surface area contributed by atoms with Gasteiger partial charge in [0.25, 0.3) is 11.5 Å². The van der Waals surface area contributed by atoms with Gasteiger partial charge in [-0.1, -0.05) is 18.2 Å². The summed E-state index contributed by atoms with van der Waals surface area (Å²) in [5.74, 6) is -0.820. The molecule has 0 aliphatic carbocycles. The van der Waals surface area contributed by atoms with Gasteiger partial charge in [-0.15, -0.1) is 0 Å². The zero-order chi connectivity index (χ0) is 18.0. The standard InChI is InChI=1S/C18H16N4O3/c1-11(23)19-12-6-5-7-13(10-12)20-17(24)16-18(25)22(2)15-9-4-3-8-14(15)21-16/h3-10H,1-2H3,(H,19,23)(H,20,24). The summed E-state index contributed by atoms with van der Waals surface area (Å²) in [6.45, 7) is 1.40. The number of rotatable bonds is 3. The molecule has 0 saturated carbocycles. The second-order valence-corrected chi connectivity index (χ2v) is 5.53. The zero-order valence-electron chi connectivity index (χ0n) is 13.7. The molecule has 0 unspecified atom stereocenters. The van der Waals surface area contributed by atoms with Crippen LogP contribution in [0.3, 0.4) is 0 Å². The minimum atomic E-state index is -0.605. The lowest BCUT2D eigenvalue weighted by Crippen LogP contribution is -2.29. The summed E-state index contributed by atoms with van der Waals surface area (Å²) in [5.41, 5.74) is 1.54. The Kier molecular flexibility index (Phi) is 4.30. The lowest BCUT2D eigenvalue weighted by Gasteiger charge is -2.09. The number of carbonyl (C=O) groups excluding carboxylic acids is 2. The Hall–Kier alpha value is -3.48. The third-order valence-electron chi connectivity index (χ3n) is 3.64. The molecule has 25 heavy (non-hydrogen) atoms. The lowest BCUT2D eigenvalue weighted by molar-refractivity contribution is -0.114. The molecule has 7 nitrogen and oxygen atoms in total. The van der Waals surface area contributed by atoms with E-state index in [0.29, 0.717) is 22.4 Å². The summed E-state index contributed by atoms with van der Waals surface area (Å²) in [6.07, 6.45) is 0. The van der Waals surface area contributed by atoms with Crippen molar-refractivity contribution in [3.05, 3.63) is 64.6 Å². The van der Waals surface area contributed by atoms with Gasteiger partial charge >= 0.3 is 0 Å². The molecule has 7 heteroatoms. The average Bonchev–Trinajstić information content (AvgIpc) is 2.57. The van der Waals surface area contributed by atoms with Crippen LogP contribution in [0.5, 0.6) is 0 Å². The van der Waals surface area contributed by atoms with Crippen LogP contribution in [-0.4, -0.2) is 21.4 Å². The largest absolute Gasteiger partial charge is 0.326 e. The van der Waals surface area contributed by atoms with Gasteiger partial charge in [0.05, 0.1) is 11.0 Å². The van der Waals surface area contributed by atoms with E-state index >= 15 is 0 Å². The Morgan fingerprint density at radius 2 is 1.68 bits per heavy atom. The predicted octanol–water partition coefficient (Wildman–Crippen LogP) is 2.14. The van der Waals surface area contributed by atoms with Crippen molar-refractivity contribution in [2.45, 2.75) is 6.92 Å². The first-order valence-electron chi connectivity index (χ1n) is 7.60. The number of fused-ring (bicyclic) bond motifs is 1. The van der Waals surface area contributed by atoms with E-state index in [1.807, 2.05) is 0 Å². The number of carbonyl (C=O) groups is 2. The number of nitrogens with one attached hydrogen (secondary N) is 2. The molecule has 0 saturated heterocycles. The van der Waals surface area contributed by atoms with Crippen LogP contribution in [-0.2, 0) is 11.8 Å². The molecule has 3 aromatic rings. The van der Waals surface area contributed by atoms with Crippen molar-refractivity contribution in [1.29, 1.82) is 0 Å². The smallest absolute Gasteiger partial charge is 0.282 e. The summed E-state index contributed by atoms with van der Waals surface area (Å²) < 4.78 is 1.39. The first kappa shape index (κ1) is 16.4. The normalized spacial score (nSPS) is 10.5. The Morgan fingerprint density at radius 3 is 2.40 bits per heavy atom. The molecule has 2 aromatic carbocycles. The van der Waals surface area contributed by atoms with Gasteiger partial charge in [0.15, 0.2) is 5.69 Å². The van der Waals surface area contributed by atoms with Crippen molar-refractivity contribution in [2.75, 3.05) is 10.6 Å². The number of hydrogen-bond donors (Lipinski definition) is 2. The van der Waals surface area contributed by atoms with Crippen molar-refractivity contribution >= 4 is 34.2 Å². The fourth-order valence-corrected chi connectivity index (χ4v) is 2.50. The third-order valence-corrected chi connectivity index (χ3v) is 3.64. The highest BCUT2D eigenvalue weighted by Crippen LogP contribution is 2.16. The van der Waals surface area contributed by atoms with Crippen LogP contribution >= 0.6 is 0 Å². The van der Waals surface area contributed by atoms with E-state index in [1.165, 1.54) is 11.5 Å². The first-order valence-corrected chi connectivity index (χ1v) is 7.60. The molecule has 1 heterocycles. The summed E-state index contributed by atoms with van der Waals surface area (Å²) in [5, 5.41) is 5.27. The summed E-state index contributed by atoms with van der Waals surface area (Å²) in [6, 6.07) is 13.7. The van der Waals surface area contributed by atoms with Gasteiger partial charge in [-0.25, -0.2) is 4.98 Å². The summed E-state index contributed by atoms with van der Waals surface area (Å²) >= 11 is 0. The van der Waals surface area contributed by atoms with Crippen molar-refractivity contribution < 1.29 is 9.59 Å². The van der Waals surface area contributed by atoms with Crippen LogP contribution in [0.1, 0.15) is 17.4 Å². The molecule has 1 aromatic heterocycles. The minimum absolute atomic E-state index is 0.189. The van der Waals surface area contributed by atoms with Gasteiger partial charge in [-0.2, -0.15) is 0 Å². The summed E-state index contributed by atoms with van der Waals surface area (Å²) in [7, 11) is 1.60. The fourth-order valence-electron chi connectivity index (χ4n) is 2.50. The lowest BCUT2D eigenvalue weighted by atomic mass is 10.2. The van der Waals surface area contributed by atoms with Gasteiger partial charge in [-0.3, -0.25) is 14.4 Å².